The van der Waals surface area contributed by atoms with Gasteiger partial charge in [-0.15, -0.1) is 5.10 Å². The van der Waals surface area contributed by atoms with Gasteiger partial charge in [-0.25, -0.2) is 9.78 Å². The largest absolute Gasteiger partial charge is 0.478 e. The molecule has 0 saturated heterocycles. The van der Waals surface area contributed by atoms with E-state index >= 15 is 0 Å². The summed E-state index contributed by atoms with van der Waals surface area (Å²) in [5.41, 5.74) is 0.102. The van der Waals surface area contributed by atoms with Crippen molar-refractivity contribution in [1.82, 2.24) is 20.2 Å². The fourth-order valence-electron chi connectivity index (χ4n) is 0.994. The minimum absolute atomic E-state index is 0.102. The molecule has 0 unspecified atom stereocenters. The van der Waals surface area contributed by atoms with Gasteiger partial charge in [0.1, 0.15) is 10.1 Å². The molecule has 6 nitrogen and oxygen atoms in total. The number of carboxylic acid groups (broad SMARTS) is 1. The first kappa shape index (κ1) is 10.5. The number of hydrogen-bond acceptors (Lipinski definition) is 6. The summed E-state index contributed by atoms with van der Waals surface area (Å²) in [6.45, 7) is 0. The summed E-state index contributed by atoms with van der Waals surface area (Å²) in [6.07, 6.45) is 5.94. The molecule has 0 bridgehead atoms. The molecule has 16 heavy (non-hydrogen) atoms. The Balaban J connectivity index is 2.31. The lowest BCUT2D eigenvalue weighted by atomic mass is 10.3. The smallest absolute Gasteiger partial charge is 0.338 e. The molecule has 0 aliphatic rings. The van der Waals surface area contributed by atoms with E-state index in [1.807, 2.05) is 0 Å². The molecule has 7 heteroatoms. The van der Waals surface area contributed by atoms with Crippen molar-refractivity contribution in [3.05, 3.63) is 36.4 Å². The van der Waals surface area contributed by atoms with Gasteiger partial charge in [-0.2, -0.15) is 5.10 Å². The maximum atomic E-state index is 10.9. The van der Waals surface area contributed by atoms with Gasteiger partial charge in [0, 0.05) is 12.4 Å². The number of rotatable bonds is 3. The first-order valence-corrected chi connectivity index (χ1v) is 5.08. The van der Waals surface area contributed by atoms with Crippen molar-refractivity contribution < 1.29 is 9.90 Å². The summed E-state index contributed by atoms with van der Waals surface area (Å²) in [5, 5.41) is 17.2. The molecule has 0 saturated carbocycles. The standard InChI is InChI=1S/C9H6N4O2S/c14-9(15)6-1-2-12-13-8(6)16-7-5-10-3-4-11-7/h1-5H,(H,14,15). The van der Waals surface area contributed by atoms with Crippen LogP contribution in [-0.2, 0) is 0 Å². The Morgan fingerprint density at radius 2 is 2.19 bits per heavy atom. The molecule has 0 aromatic carbocycles. The molecule has 2 aromatic rings. The van der Waals surface area contributed by atoms with Crippen LogP contribution in [0.3, 0.4) is 0 Å². The van der Waals surface area contributed by atoms with E-state index in [1.165, 1.54) is 24.7 Å². The Bertz CT molecular complexity index is 506. The fraction of sp³-hybridized carbons (Fsp3) is 0. The Kier molecular flexibility index (Phi) is 3.06. The molecule has 0 radical (unpaired) electrons. The van der Waals surface area contributed by atoms with Crippen LogP contribution in [0.4, 0.5) is 0 Å². The first-order chi connectivity index (χ1) is 7.77. The van der Waals surface area contributed by atoms with E-state index in [-0.39, 0.29) is 5.56 Å². The Labute approximate surface area is 94.8 Å². The molecule has 2 aromatic heterocycles. The molecule has 80 valence electrons. The second-order valence-corrected chi connectivity index (χ2v) is 3.71. The molecule has 0 aliphatic carbocycles. The Hall–Kier alpha value is -2.02. The van der Waals surface area contributed by atoms with Crippen LogP contribution in [0, 0.1) is 0 Å². The topological polar surface area (TPSA) is 88.9 Å². The van der Waals surface area contributed by atoms with Gasteiger partial charge in [-0.05, 0) is 17.8 Å². The third-order valence-corrected chi connectivity index (χ3v) is 2.57. The third kappa shape index (κ3) is 2.31. The second-order valence-electron chi connectivity index (χ2n) is 2.70. The summed E-state index contributed by atoms with van der Waals surface area (Å²) < 4.78 is 0. The highest BCUT2D eigenvalue weighted by Crippen LogP contribution is 2.25. The summed E-state index contributed by atoms with van der Waals surface area (Å²) in [5.74, 6) is -1.04. The predicted molar refractivity (Wildman–Crippen MR) is 55.1 cm³/mol. The molecule has 2 heterocycles. The number of hydrogen-bond donors (Lipinski definition) is 1. The highest BCUT2D eigenvalue weighted by Gasteiger charge is 2.13. The lowest BCUT2D eigenvalue weighted by molar-refractivity contribution is 0.0692. The van der Waals surface area contributed by atoms with E-state index < -0.39 is 5.97 Å². The molecule has 0 atom stereocenters. The maximum Gasteiger partial charge on any atom is 0.338 e. The van der Waals surface area contributed by atoms with Crippen molar-refractivity contribution in [1.29, 1.82) is 0 Å². The normalized spacial score (nSPS) is 10.0. The summed E-state index contributed by atoms with van der Waals surface area (Å²) in [7, 11) is 0. The highest BCUT2D eigenvalue weighted by atomic mass is 32.2. The van der Waals surface area contributed by atoms with Crippen LogP contribution in [0.2, 0.25) is 0 Å². The van der Waals surface area contributed by atoms with E-state index in [4.69, 9.17) is 5.11 Å². The van der Waals surface area contributed by atoms with Gasteiger partial charge < -0.3 is 5.11 Å². The number of aromatic nitrogens is 4. The molecule has 0 aliphatic heterocycles. The summed E-state index contributed by atoms with van der Waals surface area (Å²) >= 11 is 1.11. The molecule has 0 fully saturated rings. The SMILES string of the molecule is O=C(O)c1ccnnc1Sc1cnccn1. The number of nitrogens with zero attached hydrogens (tertiary/aromatic N) is 4. The van der Waals surface area contributed by atoms with Gasteiger partial charge in [-0.3, -0.25) is 4.98 Å². The van der Waals surface area contributed by atoms with Crippen LogP contribution < -0.4 is 0 Å². The van der Waals surface area contributed by atoms with Gasteiger partial charge >= 0.3 is 5.97 Å². The molecule has 0 amide bonds. The highest BCUT2D eigenvalue weighted by molar-refractivity contribution is 7.99. The van der Waals surface area contributed by atoms with Crippen LogP contribution in [0.25, 0.3) is 0 Å². The zero-order chi connectivity index (χ0) is 11.4. The summed E-state index contributed by atoms with van der Waals surface area (Å²) in [6, 6.07) is 1.40. The predicted octanol–water partition coefficient (Wildman–Crippen LogP) is 1.12. The fourth-order valence-corrected chi connectivity index (χ4v) is 1.77. The average molecular weight is 234 g/mol. The third-order valence-electron chi connectivity index (χ3n) is 1.66. The Morgan fingerprint density at radius 1 is 1.31 bits per heavy atom. The van der Waals surface area contributed by atoms with Crippen molar-refractivity contribution in [3.8, 4) is 0 Å². The number of carbonyl (C=O) groups is 1. The molecular formula is C9H6N4O2S. The van der Waals surface area contributed by atoms with Crippen LogP contribution >= 0.6 is 11.8 Å². The van der Waals surface area contributed by atoms with Crippen molar-refractivity contribution >= 4 is 17.7 Å². The van der Waals surface area contributed by atoms with Crippen LogP contribution in [0.15, 0.2) is 40.9 Å². The Morgan fingerprint density at radius 3 is 2.88 bits per heavy atom. The average Bonchev–Trinajstić information content (AvgIpc) is 2.31. The maximum absolute atomic E-state index is 10.9. The van der Waals surface area contributed by atoms with Gasteiger partial charge in [0.25, 0.3) is 0 Å². The van der Waals surface area contributed by atoms with Crippen LogP contribution in [0.5, 0.6) is 0 Å². The quantitative estimate of drug-likeness (QED) is 0.850. The van der Waals surface area contributed by atoms with Crippen LogP contribution in [-0.4, -0.2) is 31.2 Å². The van der Waals surface area contributed by atoms with Crippen molar-refractivity contribution in [2.24, 2.45) is 0 Å². The lowest BCUT2D eigenvalue weighted by Gasteiger charge is -2.01. The molecule has 1 N–H and O–H groups in total. The molecular weight excluding hydrogens is 228 g/mol. The monoisotopic (exact) mass is 234 g/mol. The molecule has 0 spiro atoms. The summed E-state index contributed by atoms with van der Waals surface area (Å²) in [4.78, 5) is 18.8. The van der Waals surface area contributed by atoms with E-state index in [2.05, 4.69) is 20.2 Å². The van der Waals surface area contributed by atoms with Gasteiger partial charge in [0.2, 0.25) is 0 Å². The first-order valence-electron chi connectivity index (χ1n) is 4.26. The van der Waals surface area contributed by atoms with Crippen molar-refractivity contribution in [2.45, 2.75) is 10.1 Å². The minimum atomic E-state index is -1.04. The second kappa shape index (κ2) is 4.67. The van der Waals surface area contributed by atoms with Gasteiger partial charge in [0.15, 0.2) is 0 Å². The van der Waals surface area contributed by atoms with Crippen molar-refractivity contribution in [2.75, 3.05) is 0 Å². The van der Waals surface area contributed by atoms with E-state index in [9.17, 15) is 4.79 Å². The van der Waals surface area contributed by atoms with E-state index in [1.54, 1.807) is 6.20 Å². The number of aromatic carboxylic acids is 1. The van der Waals surface area contributed by atoms with Crippen LogP contribution in [0.1, 0.15) is 10.4 Å². The lowest BCUT2D eigenvalue weighted by Crippen LogP contribution is -2.01. The van der Waals surface area contributed by atoms with Crippen molar-refractivity contribution in [3.63, 3.8) is 0 Å². The zero-order valence-electron chi connectivity index (χ0n) is 7.94. The van der Waals surface area contributed by atoms with E-state index in [0.29, 0.717) is 10.1 Å². The zero-order valence-corrected chi connectivity index (χ0v) is 8.76. The molecule has 2 rings (SSSR count). The number of carboxylic acids is 1. The van der Waals surface area contributed by atoms with E-state index in [0.717, 1.165) is 11.8 Å². The van der Waals surface area contributed by atoms with Gasteiger partial charge in [-0.1, -0.05) is 0 Å². The van der Waals surface area contributed by atoms with Gasteiger partial charge in [0.05, 0.1) is 18.0 Å². The minimum Gasteiger partial charge on any atom is -0.478 e.